The first-order chi connectivity index (χ1) is 27.3. The Morgan fingerprint density at radius 1 is 0.339 bits per heavy atom. The molecule has 0 N–H and O–H groups in total. The fourth-order valence-corrected chi connectivity index (χ4v) is 5.77. The van der Waals surface area contributed by atoms with E-state index in [1.807, 2.05) is 0 Å². The van der Waals surface area contributed by atoms with Crippen LogP contribution in [0, 0.1) is 0 Å². The van der Waals surface area contributed by atoms with E-state index in [1.165, 1.54) is 24.3 Å². The molecule has 0 unspecified atom stereocenters. The molecule has 0 saturated heterocycles. The van der Waals surface area contributed by atoms with Crippen LogP contribution in [0.25, 0.3) is 0 Å². The van der Waals surface area contributed by atoms with E-state index in [1.54, 1.807) is 156 Å². The van der Waals surface area contributed by atoms with Gasteiger partial charge in [-0.3, -0.25) is 29.2 Å². The SMILES string of the molecule is O=C(COC(=O)c1cccc(N(CC(=O)c2ccccc2)N(CC(=O)c2ccccc2)c2cccc(C(=O)OCC(=O)c3ccccc3)c2)c1)c1ccccc1. The van der Waals surface area contributed by atoms with Crippen molar-refractivity contribution in [1.29, 1.82) is 0 Å². The van der Waals surface area contributed by atoms with Crippen LogP contribution < -0.4 is 10.0 Å². The first kappa shape index (κ1) is 38.3. The molecule has 10 heteroatoms. The number of Topliss-reactive ketones (excluding diaryl/α,β-unsaturated/α-hetero) is 4. The highest BCUT2D eigenvalue weighted by Gasteiger charge is 2.26. The Balaban J connectivity index is 1.34. The van der Waals surface area contributed by atoms with Gasteiger partial charge in [-0.25, -0.2) is 9.59 Å². The Bertz CT molecular complexity index is 2170. The summed E-state index contributed by atoms with van der Waals surface area (Å²) in [7, 11) is 0. The van der Waals surface area contributed by atoms with Crippen molar-refractivity contribution in [3.63, 3.8) is 0 Å². The van der Waals surface area contributed by atoms with Crippen LogP contribution in [0.15, 0.2) is 170 Å². The Hall–Kier alpha value is -7.46. The number of esters is 2. The second-order valence-corrected chi connectivity index (χ2v) is 12.5. The van der Waals surface area contributed by atoms with Crippen LogP contribution in [0.2, 0.25) is 0 Å². The molecule has 6 rings (SSSR count). The second kappa shape index (κ2) is 18.5. The summed E-state index contributed by atoms with van der Waals surface area (Å²) in [5, 5.41) is 3.09. The second-order valence-electron chi connectivity index (χ2n) is 12.5. The fourth-order valence-electron chi connectivity index (χ4n) is 5.77. The zero-order valence-electron chi connectivity index (χ0n) is 30.2. The lowest BCUT2D eigenvalue weighted by Gasteiger charge is -2.38. The maximum Gasteiger partial charge on any atom is 0.338 e. The number of ether oxygens (including phenoxy) is 2. The van der Waals surface area contributed by atoms with Gasteiger partial charge in [0.05, 0.1) is 22.5 Å². The number of hydrogen-bond donors (Lipinski definition) is 0. The topological polar surface area (TPSA) is 127 Å². The molecule has 0 heterocycles. The largest absolute Gasteiger partial charge is 0.454 e. The van der Waals surface area contributed by atoms with Crippen molar-refractivity contribution in [2.75, 3.05) is 36.3 Å². The van der Waals surface area contributed by atoms with Gasteiger partial charge >= 0.3 is 11.9 Å². The molecule has 10 nitrogen and oxygen atoms in total. The molecule has 0 fully saturated rings. The van der Waals surface area contributed by atoms with E-state index >= 15 is 0 Å². The van der Waals surface area contributed by atoms with E-state index in [9.17, 15) is 28.8 Å². The molecule has 0 atom stereocenters. The number of nitrogens with zero attached hydrogens (tertiary/aromatic N) is 2. The van der Waals surface area contributed by atoms with Gasteiger partial charge in [0.15, 0.2) is 36.3 Å². The van der Waals surface area contributed by atoms with Crippen molar-refractivity contribution in [3.05, 3.63) is 203 Å². The van der Waals surface area contributed by atoms with E-state index in [4.69, 9.17) is 9.47 Å². The van der Waals surface area contributed by atoms with Crippen LogP contribution in [0.5, 0.6) is 0 Å². The van der Waals surface area contributed by atoms with Gasteiger partial charge in [0, 0.05) is 22.3 Å². The van der Waals surface area contributed by atoms with Crippen molar-refractivity contribution in [2.45, 2.75) is 0 Å². The van der Waals surface area contributed by atoms with Crippen LogP contribution in [0.1, 0.15) is 62.1 Å². The molecule has 0 spiro atoms. The Labute approximate surface area is 323 Å². The predicted molar refractivity (Wildman–Crippen MR) is 211 cm³/mol. The van der Waals surface area contributed by atoms with Crippen molar-refractivity contribution >= 4 is 46.4 Å². The molecule has 0 radical (unpaired) electrons. The van der Waals surface area contributed by atoms with E-state index < -0.39 is 25.2 Å². The highest BCUT2D eigenvalue weighted by atomic mass is 16.5. The summed E-state index contributed by atoms with van der Waals surface area (Å²) in [6.07, 6.45) is 0. The lowest BCUT2D eigenvalue weighted by Crippen LogP contribution is -2.48. The van der Waals surface area contributed by atoms with Gasteiger partial charge in [0.25, 0.3) is 0 Å². The smallest absolute Gasteiger partial charge is 0.338 e. The molecular weight excluding hydrogens is 709 g/mol. The predicted octanol–water partition coefficient (Wildman–Crippen LogP) is 7.76. The Morgan fingerprint density at radius 2 is 0.625 bits per heavy atom. The van der Waals surface area contributed by atoms with Gasteiger partial charge in [-0.15, -0.1) is 0 Å². The standard InChI is InChI=1S/C46H36N2O8/c49-41(33-15-5-1-6-16-33)29-47(39-25-13-23-37(27-39)45(53)55-31-43(51)35-19-9-3-10-20-35)48(30-42(50)34-17-7-2-8-18-34)40-26-14-24-38(28-40)46(54)56-32-44(52)36-21-11-4-12-22-36/h1-28H,29-32H2. The molecule has 6 aromatic rings. The number of anilines is 2. The molecule has 0 aliphatic heterocycles. The maximum absolute atomic E-state index is 13.9. The van der Waals surface area contributed by atoms with Crippen LogP contribution in [0.3, 0.4) is 0 Å². The van der Waals surface area contributed by atoms with Gasteiger partial charge in [0.2, 0.25) is 0 Å². The normalized spacial score (nSPS) is 10.5. The summed E-state index contributed by atoms with van der Waals surface area (Å²) in [5.74, 6) is -2.91. The highest BCUT2D eigenvalue weighted by molar-refractivity contribution is 6.03. The molecule has 0 saturated carbocycles. The summed E-state index contributed by atoms with van der Waals surface area (Å²) in [5.41, 5.74) is 2.45. The van der Waals surface area contributed by atoms with Gasteiger partial charge in [-0.1, -0.05) is 133 Å². The summed E-state index contributed by atoms with van der Waals surface area (Å²) in [4.78, 5) is 79.8. The third-order valence-electron chi connectivity index (χ3n) is 8.69. The van der Waals surface area contributed by atoms with Crippen molar-refractivity contribution in [2.24, 2.45) is 0 Å². The van der Waals surface area contributed by atoms with Crippen LogP contribution >= 0.6 is 0 Å². The molecule has 0 aliphatic carbocycles. The lowest BCUT2D eigenvalue weighted by atomic mass is 10.1. The zero-order valence-corrected chi connectivity index (χ0v) is 30.2. The molecule has 56 heavy (non-hydrogen) atoms. The zero-order chi connectivity index (χ0) is 39.3. The molecular formula is C46H36N2O8. The molecule has 278 valence electrons. The van der Waals surface area contributed by atoms with E-state index in [-0.39, 0.29) is 47.3 Å². The average Bonchev–Trinajstić information content (AvgIpc) is 3.26. The number of hydrogen-bond acceptors (Lipinski definition) is 10. The monoisotopic (exact) mass is 744 g/mol. The number of hydrazine groups is 1. The van der Waals surface area contributed by atoms with Crippen molar-refractivity contribution in [1.82, 2.24) is 0 Å². The van der Waals surface area contributed by atoms with Crippen LogP contribution in [-0.2, 0) is 9.47 Å². The summed E-state index contributed by atoms with van der Waals surface area (Å²) < 4.78 is 10.8. The summed E-state index contributed by atoms with van der Waals surface area (Å²) in [6, 6.07) is 46.7. The van der Waals surface area contributed by atoms with Gasteiger partial charge in [0.1, 0.15) is 13.1 Å². The molecule has 6 aromatic carbocycles. The van der Waals surface area contributed by atoms with E-state index in [2.05, 4.69) is 0 Å². The fraction of sp³-hybridized carbons (Fsp3) is 0.0870. The minimum atomic E-state index is -0.771. The number of carbonyl (C=O) groups is 6. The minimum absolute atomic E-state index is 0.0928. The summed E-state index contributed by atoms with van der Waals surface area (Å²) >= 11 is 0. The first-order valence-electron chi connectivity index (χ1n) is 17.7. The van der Waals surface area contributed by atoms with Crippen LogP contribution in [0.4, 0.5) is 11.4 Å². The van der Waals surface area contributed by atoms with Gasteiger partial charge in [-0.05, 0) is 36.4 Å². The number of benzene rings is 6. The molecule has 0 amide bonds. The Morgan fingerprint density at radius 3 is 0.946 bits per heavy atom. The van der Waals surface area contributed by atoms with Gasteiger partial charge in [-0.2, -0.15) is 0 Å². The Kier molecular flexibility index (Phi) is 12.7. The minimum Gasteiger partial charge on any atom is -0.454 e. The highest BCUT2D eigenvalue weighted by Crippen LogP contribution is 2.27. The molecule has 0 aromatic heterocycles. The lowest BCUT2D eigenvalue weighted by molar-refractivity contribution is 0.0472. The number of rotatable bonds is 17. The van der Waals surface area contributed by atoms with Gasteiger partial charge < -0.3 is 9.47 Å². The van der Waals surface area contributed by atoms with Crippen molar-refractivity contribution in [3.8, 4) is 0 Å². The third-order valence-corrected chi connectivity index (χ3v) is 8.69. The van der Waals surface area contributed by atoms with E-state index in [0.717, 1.165) is 0 Å². The summed E-state index contributed by atoms with van der Waals surface area (Å²) in [6.45, 7) is -1.56. The quantitative estimate of drug-likeness (QED) is 0.0520. The molecule has 0 bridgehead atoms. The van der Waals surface area contributed by atoms with Crippen LogP contribution in [-0.4, -0.2) is 61.4 Å². The maximum atomic E-state index is 13.9. The number of ketones is 4. The number of carbonyl (C=O) groups excluding carboxylic acids is 6. The van der Waals surface area contributed by atoms with E-state index in [0.29, 0.717) is 33.6 Å². The average molecular weight is 745 g/mol. The molecule has 0 aliphatic rings. The third kappa shape index (κ3) is 9.94. The van der Waals surface area contributed by atoms with Crippen molar-refractivity contribution < 1.29 is 38.2 Å². The first-order valence-corrected chi connectivity index (χ1v) is 17.7.